The Morgan fingerprint density at radius 2 is 0.519 bits per heavy atom. The van der Waals surface area contributed by atoms with Gasteiger partial charge in [-0.1, -0.05) is 322 Å². The highest BCUT2D eigenvalue weighted by Gasteiger charge is 2.28. The zero-order chi connectivity index (χ0) is 58.5. The van der Waals surface area contributed by atoms with Crippen LogP contribution >= 0.6 is 0 Å². The van der Waals surface area contributed by atoms with Crippen LogP contribution in [0.4, 0.5) is 0 Å². The molecule has 2 aromatic carbocycles. The molecule has 0 aliphatic rings. The van der Waals surface area contributed by atoms with Gasteiger partial charge in [0.25, 0.3) is 0 Å². The van der Waals surface area contributed by atoms with Gasteiger partial charge < -0.3 is 24.1 Å². The fourth-order valence-corrected chi connectivity index (χ4v) is 11.0. The Bertz CT molecular complexity index is 1860. The minimum absolute atomic E-state index is 0.0207. The molecule has 0 heterocycles. The van der Waals surface area contributed by atoms with Gasteiger partial charge in [-0.15, -0.1) is 0 Å². The van der Waals surface area contributed by atoms with Gasteiger partial charge in [0.05, 0.1) is 37.6 Å². The highest BCUT2D eigenvalue weighted by atomic mass is 16.5. The second kappa shape index (κ2) is 52.9. The summed E-state index contributed by atoms with van der Waals surface area (Å²) in [6.07, 6.45) is 57.0. The Kier molecular flexibility index (Phi) is 47.8. The second-order valence-corrected chi connectivity index (χ2v) is 23.7. The van der Waals surface area contributed by atoms with E-state index in [0.717, 1.165) is 77.0 Å². The molecule has 0 bridgehead atoms. The number of unbranched alkanes of at least 4 members (excludes halogenated alkanes) is 44. The molecule has 0 amide bonds. The van der Waals surface area contributed by atoms with Gasteiger partial charge in [0.1, 0.15) is 16.9 Å². The minimum Gasteiger partial charge on any atom is -0.506 e. The molecule has 1 N–H and O–H groups in total. The third kappa shape index (κ3) is 37.1. The molecular weight excluding hydrogens is 1010 g/mol. The zero-order valence-electron chi connectivity index (χ0n) is 52.9. The van der Waals surface area contributed by atoms with Gasteiger partial charge in [-0.2, -0.15) is 0 Å². The van der Waals surface area contributed by atoms with Crippen molar-refractivity contribution in [2.45, 2.75) is 336 Å². The Labute approximate surface area is 496 Å². The quantitative estimate of drug-likeness (QED) is 0.0391. The van der Waals surface area contributed by atoms with Crippen LogP contribution in [0.1, 0.15) is 377 Å². The summed E-state index contributed by atoms with van der Waals surface area (Å²) in [6, 6.07) is 7.76. The summed E-state index contributed by atoms with van der Waals surface area (Å²) in [6.45, 7) is 9.81. The van der Waals surface area contributed by atoms with Crippen molar-refractivity contribution in [3.05, 3.63) is 52.6 Å². The third-order valence-electron chi connectivity index (χ3n) is 16.3. The normalized spacial score (nSPS) is 11.3. The fraction of sp³-hybridized carbons (Fsp3) is 0.778. The number of esters is 4. The van der Waals surface area contributed by atoms with E-state index in [9.17, 15) is 24.3 Å². The molecule has 9 nitrogen and oxygen atoms in total. The molecule has 0 unspecified atom stereocenters. The molecule has 9 heteroatoms. The molecule has 0 aliphatic carbocycles. The first kappa shape index (κ1) is 73.2. The van der Waals surface area contributed by atoms with E-state index in [1.165, 1.54) is 230 Å². The predicted octanol–water partition coefficient (Wildman–Crippen LogP) is 22.5. The minimum atomic E-state index is -0.775. The summed E-state index contributed by atoms with van der Waals surface area (Å²) >= 11 is 0. The van der Waals surface area contributed by atoms with Gasteiger partial charge in [-0.3, -0.25) is 0 Å². The molecule has 0 radical (unpaired) electrons. The van der Waals surface area contributed by atoms with Crippen LogP contribution in [0, 0.1) is 0 Å². The number of hydrogen-bond acceptors (Lipinski definition) is 9. The number of rotatable bonds is 57. The van der Waals surface area contributed by atoms with Crippen molar-refractivity contribution in [1.29, 1.82) is 0 Å². The highest BCUT2D eigenvalue weighted by Crippen LogP contribution is 2.36. The van der Waals surface area contributed by atoms with Gasteiger partial charge in [-0.05, 0) is 49.4 Å². The van der Waals surface area contributed by atoms with E-state index in [1.807, 2.05) is 0 Å². The van der Waals surface area contributed by atoms with Gasteiger partial charge in [0.2, 0.25) is 0 Å². The number of phenolic OH excluding ortho intramolecular Hbond substituents is 1. The van der Waals surface area contributed by atoms with Crippen molar-refractivity contribution in [1.82, 2.24) is 0 Å². The van der Waals surface area contributed by atoms with Crippen molar-refractivity contribution in [2.24, 2.45) is 0 Å². The molecule has 0 aromatic heterocycles. The Balaban J connectivity index is 2.21. The lowest BCUT2D eigenvalue weighted by Gasteiger charge is -2.16. The van der Waals surface area contributed by atoms with Gasteiger partial charge >= 0.3 is 23.9 Å². The number of benzene rings is 2. The second-order valence-electron chi connectivity index (χ2n) is 23.7. The topological polar surface area (TPSA) is 125 Å². The first-order valence-electron chi connectivity index (χ1n) is 34.5. The fourth-order valence-electron chi connectivity index (χ4n) is 11.0. The summed E-state index contributed by atoms with van der Waals surface area (Å²) in [4.78, 5) is 55.6. The molecular formula is C72H122O9. The van der Waals surface area contributed by atoms with Gasteiger partial charge in [0, 0.05) is 5.56 Å². The Hall–Kier alpha value is -3.88. The maximum absolute atomic E-state index is 14.2. The van der Waals surface area contributed by atoms with Crippen molar-refractivity contribution in [3.63, 3.8) is 0 Å². The maximum atomic E-state index is 14.2. The largest absolute Gasteiger partial charge is 0.506 e. The lowest BCUT2D eigenvalue weighted by atomic mass is 9.93. The summed E-state index contributed by atoms with van der Waals surface area (Å²) in [5.74, 6) is -3.30. The predicted molar refractivity (Wildman–Crippen MR) is 339 cm³/mol. The van der Waals surface area contributed by atoms with Crippen molar-refractivity contribution in [3.8, 4) is 16.9 Å². The van der Waals surface area contributed by atoms with E-state index in [-0.39, 0.29) is 54.2 Å². The van der Waals surface area contributed by atoms with E-state index >= 15 is 0 Å². The van der Waals surface area contributed by atoms with Gasteiger partial charge in [0.15, 0.2) is 0 Å². The number of carbonyl (C=O) groups is 4. The summed E-state index contributed by atoms with van der Waals surface area (Å²) in [7, 11) is 0. The molecule has 0 aliphatic heterocycles. The van der Waals surface area contributed by atoms with Crippen molar-refractivity contribution >= 4 is 23.9 Å². The summed E-state index contributed by atoms with van der Waals surface area (Å²) < 4.78 is 23.2. The standard InChI is InChI=1S/C72H122O9/c1-5-9-13-17-21-25-29-33-37-41-45-49-57-78-69(74)64-54-53-62(61-66(64)71(76)80-59-51-47-43-39-35-31-27-23-19-15-11-7-3)63-55-56-65(70(75)79-58-50-46-42-38-34-30-26-22-18-14-10-6-2)68(73)67(63)72(77)81-60-52-48-44-40-36-32-28-24-20-16-12-8-4/h53-56,61,73H,5-52,57-60H2,1-4H3. The van der Waals surface area contributed by atoms with E-state index in [4.69, 9.17) is 18.9 Å². The lowest BCUT2D eigenvalue weighted by Crippen LogP contribution is -2.16. The van der Waals surface area contributed by atoms with Crippen LogP contribution in [0.5, 0.6) is 5.75 Å². The molecule has 0 saturated heterocycles. The van der Waals surface area contributed by atoms with Crippen LogP contribution in [0.2, 0.25) is 0 Å². The summed E-state index contributed by atoms with van der Waals surface area (Å²) in [5, 5.41) is 11.9. The third-order valence-corrected chi connectivity index (χ3v) is 16.3. The molecule has 464 valence electrons. The van der Waals surface area contributed by atoms with Crippen LogP contribution in [0.25, 0.3) is 11.1 Å². The number of phenols is 1. The van der Waals surface area contributed by atoms with E-state index in [0.29, 0.717) is 24.8 Å². The van der Waals surface area contributed by atoms with Crippen LogP contribution in [-0.4, -0.2) is 55.4 Å². The first-order chi connectivity index (χ1) is 39.8. The number of aromatic hydroxyl groups is 1. The molecule has 2 rings (SSSR count). The molecule has 0 spiro atoms. The average molecular weight is 1130 g/mol. The molecule has 81 heavy (non-hydrogen) atoms. The zero-order valence-corrected chi connectivity index (χ0v) is 52.9. The average Bonchev–Trinajstić information content (AvgIpc) is 3.56. The lowest BCUT2D eigenvalue weighted by molar-refractivity contribution is 0.0450. The molecule has 0 atom stereocenters. The maximum Gasteiger partial charge on any atom is 0.342 e. The van der Waals surface area contributed by atoms with Crippen LogP contribution in [-0.2, 0) is 18.9 Å². The summed E-state index contributed by atoms with van der Waals surface area (Å²) in [5.41, 5.74) is 0.426. The van der Waals surface area contributed by atoms with Crippen LogP contribution in [0.3, 0.4) is 0 Å². The van der Waals surface area contributed by atoms with Crippen molar-refractivity contribution in [2.75, 3.05) is 26.4 Å². The molecule has 2 aromatic rings. The molecule has 0 saturated carbocycles. The van der Waals surface area contributed by atoms with Crippen LogP contribution in [0.15, 0.2) is 30.3 Å². The first-order valence-corrected chi connectivity index (χ1v) is 34.5. The smallest absolute Gasteiger partial charge is 0.342 e. The van der Waals surface area contributed by atoms with E-state index in [1.54, 1.807) is 12.1 Å². The highest BCUT2D eigenvalue weighted by molar-refractivity contribution is 6.07. The number of ether oxygens (including phenoxy) is 4. The van der Waals surface area contributed by atoms with Crippen molar-refractivity contribution < 1.29 is 43.2 Å². The van der Waals surface area contributed by atoms with E-state index in [2.05, 4.69) is 27.7 Å². The Morgan fingerprint density at radius 1 is 0.284 bits per heavy atom. The number of carbonyl (C=O) groups excluding carboxylic acids is 4. The monoisotopic (exact) mass is 1130 g/mol. The van der Waals surface area contributed by atoms with Gasteiger partial charge in [-0.25, -0.2) is 19.2 Å². The number of hydrogen-bond donors (Lipinski definition) is 1. The van der Waals surface area contributed by atoms with E-state index < -0.39 is 29.6 Å². The van der Waals surface area contributed by atoms with Crippen LogP contribution < -0.4 is 0 Å². The molecule has 0 fully saturated rings. The Morgan fingerprint density at radius 3 is 0.815 bits per heavy atom. The SMILES string of the molecule is CCCCCCCCCCCCCCOC(=O)c1ccc(-c2ccc(C(=O)OCCCCCCCCCCCCCC)c(O)c2C(=O)OCCCCCCCCCCCCCC)cc1C(=O)OCCCCCCCCCCCCCC.